The van der Waals surface area contributed by atoms with Gasteiger partial charge in [-0.2, -0.15) is 0 Å². The zero-order chi connectivity index (χ0) is 28.8. The van der Waals surface area contributed by atoms with Crippen LogP contribution in [0, 0.1) is 23.4 Å². The lowest BCUT2D eigenvalue weighted by molar-refractivity contribution is -0.123. The van der Waals surface area contributed by atoms with Crippen molar-refractivity contribution >= 4 is 5.78 Å². The maximum Gasteiger partial charge on any atom is 0.185 e. The van der Waals surface area contributed by atoms with E-state index in [1.807, 2.05) is 6.92 Å². The highest BCUT2D eigenvalue weighted by atomic mass is 19.1. The normalized spacial score (nSPS) is 26.1. The molecule has 40 heavy (non-hydrogen) atoms. The number of benzene rings is 1. The van der Waals surface area contributed by atoms with Crippen LogP contribution in [0.3, 0.4) is 0 Å². The van der Waals surface area contributed by atoms with E-state index >= 15 is 8.78 Å². The molecule has 212 valence electrons. The van der Waals surface area contributed by atoms with Gasteiger partial charge in [0.15, 0.2) is 5.78 Å². The minimum absolute atomic E-state index is 0.101. The van der Waals surface area contributed by atoms with Crippen molar-refractivity contribution in [3.05, 3.63) is 82.6 Å². The van der Waals surface area contributed by atoms with E-state index < -0.39 is 51.8 Å². The first-order valence-corrected chi connectivity index (χ1v) is 13.7. The minimum Gasteiger partial charge on any atom is -0.390 e. The molecule has 6 nitrogen and oxygen atoms in total. The molecule has 2 saturated carbocycles. The van der Waals surface area contributed by atoms with Gasteiger partial charge in [0.25, 0.3) is 0 Å². The molecule has 0 amide bonds. The van der Waals surface area contributed by atoms with Crippen molar-refractivity contribution in [3.63, 3.8) is 0 Å². The van der Waals surface area contributed by atoms with Crippen molar-refractivity contribution in [1.29, 1.82) is 0 Å². The number of Topliss-reactive ketones (excluding diaryl/α,β-unsaturated/α-hetero) is 1. The average Bonchev–Trinajstić information content (AvgIpc) is 3.36. The van der Waals surface area contributed by atoms with E-state index in [4.69, 9.17) is 0 Å². The number of hydrogen-bond acceptors (Lipinski definition) is 6. The monoisotopic (exact) mass is 554 g/mol. The van der Waals surface area contributed by atoms with Gasteiger partial charge in [0.2, 0.25) is 0 Å². The van der Waals surface area contributed by atoms with Crippen molar-refractivity contribution in [2.24, 2.45) is 5.92 Å². The molecule has 0 spiro atoms. The van der Waals surface area contributed by atoms with Crippen LogP contribution >= 0.6 is 0 Å². The first kappa shape index (κ1) is 28.4. The van der Waals surface area contributed by atoms with Gasteiger partial charge in [-0.3, -0.25) is 9.78 Å². The molecular weight excluding hydrogens is 521 g/mol. The topological polar surface area (TPSA) is 104 Å². The van der Waals surface area contributed by atoms with E-state index in [1.54, 1.807) is 25.4 Å². The van der Waals surface area contributed by atoms with Crippen LogP contribution in [-0.4, -0.2) is 42.8 Å². The summed E-state index contributed by atoms with van der Waals surface area (Å²) in [4.78, 5) is 21.5. The number of pyridine rings is 2. The third-order valence-corrected chi connectivity index (χ3v) is 8.93. The second-order valence-corrected chi connectivity index (χ2v) is 11.6. The third kappa shape index (κ3) is 5.18. The quantitative estimate of drug-likeness (QED) is 0.354. The molecular formula is C31H33F3N2O4. The molecule has 5 rings (SSSR count). The fraction of sp³-hybridized carbons (Fsp3) is 0.452. The fourth-order valence-electron chi connectivity index (χ4n) is 6.19. The number of halogens is 3. The smallest absolute Gasteiger partial charge is 0.185 e. The molecule has 2 aliphatic rings. The lowest BCUT2D eigenvalue weighted by atomic mass is 9.68. The van der Waals surface area contributed by atoms with Gasteiger partial charge in [0.1, 0.15) is 28.8 Å². The largest absolute Gasteiger partial charge is 0.390 e. The van der Waals surface area contributed by atoms with Gasteiger partial charge >= 0.3 is 0 Å². The maximum atomic E-state index is 15.2. The molecule has 4 atom stereocenters. The molecule has 2 heterocycles. The first-order chi connectivity index (χ1) is 18.9. The molecule has 9 heteroatoms. The molecule has 0 aliphatic heterocycles. The van der Waals surface area contributed by atoms with E-state index in [9.17, 15) is 24.5 Å². The van der Waals surface area contributed by atoms with Crippen molar-refractivity contribution in [2.45, 2.75) is 82.0 Å². The van der Waals surface area contributed by atoms with Gasteiger partial charge in [-0.05, 0) is 91.5 Å². The molecule has 0 bridgehead atoms. The first-order valence-electron chi connectivity index (χ1n) is 13.7. The van der Waals surface area contributed by atoms with Gasteiger partial charge in [0.05, 0.1) is 22.9 Å². The van der Waals surface area contributed by atoms with Crippen LogP contribution < -0.4 is 0 Å². The molecule has 0 unspecified atom stereocenters. The maximum absolute atomic E-state index is 15.2. The van der Waals surface area contributed by atoms with E-state index in [0.29, 0.717) is 31.2 Å². The standard InChI is InChI=1S/C31H33F3N2O4/c1-17-11-18(13-27(38)30(17,2)39)21-7-10-35-16-19(21)12-26(37)25-6-5-22(32)29(36-25)28-23(33)14-20(15-24(28)34)31(40)8-3-4-9-31/h5-7,10,14-18,27,38-40H,3-4,8-9,11-13H2,1-2H3/t17-,18+,27+,30+/m0/s1. The summed E-state index contributed by atoms with van der Waals surface area (Å²) in [5.41, 5.74) is -2.52. The number of carbonyl (C=O) groups is 1. The van der Waals surface area contributed by atoms with E-state index in [0.717, 1.165) is 36.6 Å². The molecule has 1 aromatic carbocycles. The highest BCUT2D eigenvalue weighted by Crippen LogP contribution is 2.43. The van der Waals surface area contributed by atoms with Crippen LogP contribution in [0.25, 0.3) is 11.3 Å². The van der Waals surface area contributed by atoms with Gasteiger partial charge < -0.3 is 15.3 Å². The molecule has 2 aromatic heterocycles. The summed E-state index contributed by atoms with van der Waals surface area (Å²) in [7, 11) is 0. The number of hydrogen-bond donors (Lipinski definition) is 3. The minimum atomic E-state index is -1.33. The number of aliphatic hydroxyl groups excluding tert-OH is 1. The number of rotatable bonds is 6. The Labute approximate surface area is 230 Å². The van der Waals surface area contributed by atoms with Gasteiger partial charge in [0, 0.05) is 18.8 Å². The molecule has 0 radical (unpaired) electrons. The summed E-state index contributed by atoms with van der Waals surface area (Å²) in [5, 5.41) is 31.9. The average molecular weight is 555 g/mol. The lowest BCUT2D eigenvalue weighted by Gasteiger charge is -2.43. The Morgan fingerprint density at radius 2 is 1.70 bits per heavy atom. The summed E-state index contributed by atoms with van der Waals surface area (Å²) >= 11 is 0. The van der Waals surface area contributed by atoms with Crippen LogP contribution in [0.15, 0.2) is 42.7 Å². The predicted octanol–water partition coefficient (Wildman–Crippen LogP) is 5.37. The fourth-order valence-corrected chi connectivity index (χ4v) is 6.19. The van der Waals surface area contributed by atoms with Crippen LogP contribution in [0.5, 0.6) is 0 Å². The van der Waals surface area contributed by atoms with Crippen molar-refractivity contribution in [2.75, 3.05) is 0 Å². The van der Waals surface area contributed by atoms with Gasteiger partial charge in [-0.1, -0.05) is 19.8 Å². The van der Waals surface area contributed by atoms with Crippen LogP contribution in [0.1, 0.15) is 85.5 Å². The summed E-state index contributed by atoms with van der Waals surface area (Å²) < 4.78 is 45.1. The predicted molar refractivity (Wildman–Crippen MR) is 142 cm³/mol. The highest BCUT2D eigenvalue weighted by Gasteiger charge is 2.43. The van der Waals surface area contributed by atoms with E-state index in [1.165, 1.54) is 6.07 Å². The summed E-state index contributed by atoms with van der Waals surface area (Å²) in [6.45, 7) is 3.48. The van der Waals surface area contributed by atoms with Crippen molar-refractivity contribution < 1.29 is 33.3 Å². The third-order valence-electron chi connectivity index (χ3n) is 8.93. The number of carbonyl (C=O) groups excluding carboxylic acids is 1. The number of aliphatic hydroxyl groups is 3. The number of aromatic nitrogens is 2. The molecule has 3 N–H and O–H groups in total. The van der Waals surface area contributed by atoms with Crippen LogP contribution in [-0.2, 0) is 12.0 Å². The number of nitrogens with zero attached hydrogens (tertiary/aromatic N) is 2. The SMILES string of the molecule is C[C@H]1C[C@@H](c2ccncc2CC(=O)c2ccc(F)c(-c3c(F)cc(C4(O)CCCC4)cc3F)n2)C[C@@H](O)[C@]1(C)O. The van der Waals surface area contributed by atoms with Crippen LogP contribution in [0.4, 0.5) is 13.2 Å². The Morgan fingerprint density at radius 3 is 2.35 bits per heavy atom. The van der Waals surface area contributed by atoms with Crippen LogP contribution in [0.2, 0.25) is 0 Å². The van der Waals surface area contributed by atoms with Gasteiger partial charge in [-0.15, -0.1) is 0 Å². The van der Waals surface area contributed by atoms with Crippen molar-refractivity contribution in [3.8, 4) is 11.3 Å². The Kier molecular flexibility index (Phi) is 7.58. The zero-order valence-electron chi connectivity index (χ0n) is 22.5. The molecule has 3 aromatic rings. The summed E-state index contributed by atoms with van der Waals surface area (Å²) in [6.07, 6.45) is 5.21. The second-order valence-electron chi connectivity index (χ2n) is 11.6. The van der Waals surface area contributed by atoms with Gasteiger partial charge in [-0.25, -0.2) is 18.2 Å². The van der Waals surface area contributed by atoms with E-state index in [-0.39, 0.29) is 29.5 Å². The highest BCUT2D eigenvalue weighted by molar-refractivity contribution is 5.96. The molecule has 2 fully saturated rings. The molecule has 0 saturated heterocycles. The Hall–Kier alpha value is -3.14. The Balaban J connectivity index is 1.43. The van der Waals surface area contributed by atoms with Crippen molar-refractivity contribution in [1.82, 2.24) is 9.97 Å². The summed E-state index contributed by atoms with van der Waals surface area (Å²) in [6, 6.07) is 5.93. The van der Waals surface area contributed by atoms with E-state index in [2.05, 4.69) is 9.97 Å². The lowest BCUT2D eigenvalue weighted by Crippen LogP contribution is -2.49. The molecule has 2 aliphatic carbocycles. The zero-order valence-corrected chi connectivity index (χ0v) is 22.5. The Bertz CT molecular complexity index is 1400. The number of ketones is 1. The Morgan fingerprint density at radius 1 is 1.02 bits per heavy atom. The summed E-state index contributed by atoms with van der Waals surface area (Å²) in [5.74, 6) is -3.93. The second kappa shape index (κ2) is 10.7.